The Morgan fingerprint density at radius 1 is 1.24 bits per heavy atom. The molecule has 0 aliphatic carbocycles. The maximum absolute atomic E-state index is 12.6. The van der Waals surface area contributed by atoms with Gasteiger partial charge in [-0.2, -0.15) is 16.5 Å². The molecule has 1 amide bonds. The molecule has 0 radical (unpaired) electrons. The summed E-state index contributed by atoms with van der Waals surface area (Å²) in [5.41, 5.74) is 1.63. The summed E-state index contributed by atoms with van der Waals surface area (Å²) >= 11 is 1.84. The lowest BCUT2D eigenvalue weighted by atomic mass is 10.1. The second kappa shape index (κ2) is 6.84. The van der Waals surface area contributed by atoms with E-state index in [1.807, 2.05) is 28.8 Å². The van der Waals surface area contributed by atoms with Crippen molar-refractivity contribution in [3.05, 3.63) is 59.1 Å². The molecular weight excluding hydrogens is 340 g/mol. The van der Waals surface area contributed by atoms with Crippen LogP contribution >= 0.6 is 11.8 Å². The molecule has 3 heterocycles. The van der Waals surface area contributed by atoms with Crippen LogP contribution in [0.3, 0.4) is 0 Å². The third-order valence-electron chi connectivity index (χ3n) is 4.42. The van der Waals surface area contributed by atoms with Crippen LogP contribution in [0.15, 0.2) is 42.7 Å². The first-order valence-electron chi connectivity index (χ1n) is 8.20. The van der Waals surface area contributed by atoms with Crippen molar-refractivity contribution in [3.63, 3.8) is 0 Å². The average Bonchev–Trinajstić information content (AvgIpc) is 2.96. The molecule has 1 aromatic heterocycles. The first-order valence-corrected chi connectivity index (χ1v) is 9.25. The lowest BCUT2D eigenvalue weighted by molar-refractivity contribution is -0.605. The Morgan fingerprint density at radius 3 is 3.00 bits per heavy atom. The Hall–Kier alpha value is -2.41. The van der Waals surface area contributed by atoms with Gasteiger partial charge in [0, 0.05) is 30.2 Å². The molecule has 1 atom stereocenters. The third-order valence-corrected chi connectivity index (χ3v) is 5.75. The molecule has 1 unspecified atom stereocenters. The molecule has 4 rings (SSSR count). The van der Waals surface area contributed by atoms with Crippen LogP contribution in [-0.2, 0) is 0 Å². The number of hydrogen-bond acceptors (Lipinski definition) is 5. The number of rotatable bonds is 2. The summed E-state index contributed by atoms with van der Waals surface area (Å²) in [4.78, 5) is 14.5. The molecular formula is C18H18N2O4S. The monoisotopic (exact) mass is 358 g/mol. The number of carbonyl (C=O) groups is 1. The summed E-state index contributed by atoms with van der Waals surface area (Å²) in [5, 5.41) is 11.7. The normalized spacial score (nSPS) is 19.5. The van der Waals surface area contributed by atoms with Crippen molar-refractivity contribution < 1.29 is 19.0 Å². The van der Waals surface area contributed by atoms with E-state index in [2.05, 4.69) is 6.07 Å². The molecule has 0 saturated carbocycles. The van der Waals surface area contributed by atoms with Crippen LogP contribution in [0, 0.1) is 5.21 Å². The third kappa shape index (κ3) is 3.37. The standard InChI is InChI=1S/C18H18N2O4S/c21-18(14-2-1-6-20(22)11-14)19-7-5-17(25-9-8-19)13-3-4-15-16(10-13)24-12-23-15/h1-4,6,10-11,17H,5,7-9,12H2. The van der Waals surface area contributed by atoms with Crippen LogP contribution in [0.2, 0.25) is 0 Å². The number of carbonyl (C=O) groups excluding carboxylic acids is 1. The van der Waals surface area contributed by atoms with E-state index in [-0.39, 0.29) is 12.7 Å². The zero-order valence-electron chi connectivity index (χ0n) is 13.6. The van der Waals surface area contributed by atoms with E-state index in [1.165, 1.54) is 18.0 Å². The zero-order chi connectivity index (χ0) is 17.2. The van der Waals surface area contributed by atoms with E-state index < -0.39 is 0 Å². The van der Waals surface area contributed by atoms with Gasteiger partial charge >= 0.3 is 0 Å². The van der Waals surface area contributed by atoms with Gasteiger partial charge in [-0.15, -0.1) is 0 Å². The number of thioether (sulfide) groups is 1. The lowest BCUT2D eigenvalue weighted by Crippen LogP contribution is -2.35. The zero-order valence-corrected chi connectivity index (χ0v) is 14.4. The van der Waals surface area contributed by atoms with Crippen LogP contribution in [0.25, 0.3) is 0 Å². The van der Waals surface area contributed by atoms with E-state index in [4.69, 9.17) is 9.47 Å². The molecule has 2 aliphatic rings. The van der Waals surface area contributed by atoms with Gasteiger partial charge in [0.25, 0.3) is 5.91 Å². The van der Waals surface area contributed by atoms with Gasteiger partial charge in [-0.3, -0.25) is 4.79 Å². The van der Waals surface area contributed by atoms with Crippen molar-refractivity contribution in [2.75, 3.05) is 25.6 Å². The minimum absolute atomic E-state index is 0.0860. The highest BCUT2D eigenvalue weighted by molar-refractivity contribution is 7.99. The molecule has 0 N–H and O–H groups in total. The van der Waals surface area contributed by atoms with Crippen molar-refractivity contribution in [2.24, 2.45) is 0 Å². The fourth-order valence-electron chi connectivity index (χ4n) is 3.12. The molecule has 7 heteroatoms. The summed E-state index contributed by atoms with van der Waals surface area (Å²) in [6, 6.07) is 9.34. The van der Waals surface area contributed by atoms with Gasteiger partial charge in [0.05, 0.1) is 0 Å². The summed E-state index contributed by atoms with van der Waals surface area (Å²) in [6.07, 6.45) is 3.57. The van der Waals surface area contributed by atoms with Crippen LogP contribution < -0.4 is 14.2 Å². The minimum atomic E-state index is -0.0860. The smallest absolute Gasteiger partial charge is 0.259 e. The highest BCUT2D eigenvalue weighted by atomic mass is 32.2. The SMILES string of the molecule is O=C(c1ccc[n+]([O-])c1)N1CCSC(c2ccc3c(c2)OCO3)CC1. The number of pyridine rings is 1. The highest BCUT2D eigenvalue weighted by Crippen LogP contribution is 2.40. The Balaban J connectivity index is 1.46. The fraction of sp³-hybridized carbons (Fsp3) is 0.333. The van der Waals surface area contributed by atoms with Gasteiger partial charge in [-0.25, -0.2) is 0 Å². The van der Waals surface area contributed by atoms with Gasteiger partial charge < -0.3 is 19.6 Å². The molecule has 1 aromatic carbocycles. The quantitative estimate of drug-likeness (QED) is 0.609. The van der Waals surface area contributed by atoms with Crippen LogP contribution in [0.5, 0.6) is 11.5 Å². The molecule has 0 spiro atoms. The second-order valence-corrected chi connectivity index (χ2v) is 7.32. The van der Waals surface area contributed by atoms with E-state index >= 15 is 0 Å². The topological polar surface area (TPSA) is 65.7 Å². The second-order valence-electron chi connectivity index (χ2n) is 6.01. The van der Waals surface area contributed by atoms with E-state index in [0.29, 0.717) is 28.6 Å². The average molecular weight is 358 g/mol. The predicted octanol–water partition coefficient (Wildman–Crippen LogP) is 2.37. The summed E-state index contributed by atoms with van der Waals surface area (Å²) < 4.78 is 11.5. The van der Waals surface area contributed by atoms with Gasteiger partial charge in [-0.1, -0.05) is 6.07 Å². The van der Waals surface area contributed by atoms with Crippen molar-refractivity contribution in [1.29, 1.82) is 0 Å². The predicted molar refractivity (Wildman–Crippen MR) is 93.7 cm³/mol. The van der Waals surface area contributed by atoms with E-state index in [0.717, 1.165) is 23.7 Å². The molecule has 2 aromatic rings. The molecule has 1 fully saturated rings. The van der Waals surface area contributed by atoms with Crippen molar-refractivity contribution >= 4 is 17.7 Å². The highest BCUT2D eigenvalue weighted by Gasteiger charge is 2.25. The van der Waals surface area contributed by atoms with Crippen LogP contribution in [0.4, 0.5) is 0 Å². The van der Waals surface area contributed by atoms with Crippen LogP contribution in [-0.4, -0.2) is 36.4 Å². The summed E-state index contributed by atoms with van der Waals surface area (Å²) in [6.45, 7) is 1.62. The number of fused-ring (bicyclic) bond motifs is 1. The Morgan fingerprint density at radius 2 is 2.12 bits per heavy atom. The maximum Gasteiger partial charge on any atom is 0.259 e. The lowest BCUT2D eigenvalue weighted by Gasteiger charge is -2.20. The molecule has 2 aliphatic heterocycles. The Kier molecular flexibility index (Phi) is 4.40. The van der Waals surface area contributed by atoms with E-state index in [1.54, 1.807) is 12.1 Å². The van der Waals surface area contributed by atoms with Crippen molar-refractivity contribution in [3.8, 4) is 11.5 Å². The summed E-state index contributed by atoms with van der Waals surface area (Å²) in [5.74, 6) is 2.35. The van der Waals surface area contributed by atoms with Crippen molar-refractivity contribution in [1.82, 2.24) is 4.90 Å². The number of ether oxygens (including phenoxy) is 2. The molecule has 6 nitrogen and oxygen atoms in total. The molecule has 0 bridgehead atoms. The molecule has 130 valence electrons. The maximum atomic E-state index is 12.6. The Bertz CT molecular complexity index is 798. The number of amides is 1. The van der Waals surface area contributed by atoms with E-state index in [9.17, 15) is 10.0 Å². The van der Waals surface area contributed by atoms with Gasteiger partial charge in [0.2, 0.25) is 6.79 Å². The Labute approximate surface area is 149 Å². The first kappa shape index (κ1) is 16.1. The van der Waals surface area contributed by atoms with Gasteiger partial charge in [0.15, 0.2) is 23.9 Å². The van der Waals surface area contributed by atoms with Crippen LogP contribution in [0.1, 0.15) is 27.6 Å². The van der Waals surface area contributed by atoms with Crippen molar-refractivity contribution in [2.45, 2.75) is 11.7 Å². The van der Waals surface area contributed by atoms with Gasteiger partial charge in [-0.05, 0) is 30.2 Å². The number of nitrogens with zero attached hydrogens (tertiary/aromatic N) is 2. The number of hydrogen-bond donors (Lipinski definition) is 0. The fourth-order valence-corrected chi connectivity index (χ4v) is 4.34. The number of benzene rings is 1. The molecule has 1 saturated heterocycles. The summed E-state index contributed by atoms with van der Waals surface area (Å²) in [7, 11) is 0. The number of aromatic nitrogens is 1. The molecule has 25 heavy (non-hydrogen) atoms. The minimum Gasteiger partial charge on any atom is -0.619 e. The first-order chi connectivity index (χ1) is 12.2. The largest absolute Gasteiger partial charge is 0.619 e. The van der Waals surface area contributed by atoms with Gasteiger partial charge in [0.1, 0.15) is 5.56 Å².